The van der Waals surface area contributed by atoms with Crippen LogP contribution in [0.1, 0.15) is 18.1 Å². The molecule has 68 valence electrons. The Morgan fingerprint density at radius 2 is 2.23 bits per heavy atom. The van der Waals surface area contributed by atoms with E-state index in [-0.39, 0.29) is 0 Å². The molecule has 1 aromatic rings. The number of hydrogen-bond acceptors (Lipinski definition) is 1. The third-order valence-corrected chi connectivity index (χ3v) is 1.96. The second kappa shape index (κ2) is 4.79. The molecule has 0 fully saturated rings. The normalized spacial score (nSPS) is 9.08. The van der Waals surface area contributed by atoms with Gasteiger partial charge < -0.3 is 5.73 Å². The van der Waals surface area contributed by atoms with E-state index in [4.69, 9.17) is 17.3 Å². The molecule has 0 unspecified atom stereocenters. The maximum Gasteiger partial charge on any atom is 0.0839 e. The second-order valence-electron chi connectivity index (χ2n) is 2.70. The quantitative estimate of drug-likeness (QED) is 0.414. The average Bonchev–Trinajstić information content (AvgIpc) is 2.16. The topological polar surface area (TPSA) is 26.0 Å². The Kier molecular flexibility index (Phi) is 3.67. The van der Waals surface area contributed by atoms with Crippen molar-refractivity contribution < 1.29 is 0 Å². The van der Waals surface area contributed by atoms with Crippen molar-refractivity contribution in [1.82, 2.24) is 0 Å². The van der Waals surface area contributed by atoms with Gasteiger partial charge in [0.2, 0.25) is 0 Å². The van der Waals surface area contributed by atoms with E-state index in [1.165, 1.54) is 0 Å². The molecule has 0 aliphatic carbocycles. The molecular weight excluding hydrogens is 182 g/mol. The van der Waals surface area contributed by atoms with Crippen LogP contribution in [0.2, 0.25) is 0 Å². The zero-order chi connectivity index (χ0) is 9.68. The second-order valence-corrected chi connectivity index (χ2v) is 2.97. The molecule has 2 heteroatoms. The van der Waals surface area contributed by atoms with E-state index in [1.54, 1.807) is 0 Å². The first kappa shape index (κ1) is 9.95. The standard InChI is InChI=1S/C11H12ClN/c1-2-10-8-9(4-3-7-12)5-6-11(10)13/h5-6,8H,2,7,13H2,1H3. The summed E-state index contributed by atoms with van der Waals surface area (Å²) >= 11 is 5.46. The number of alkyl halides is 1. The molecule has 0 amide bonds. The summed E-state index contributed by atoms with van der Waals surface area (Å²) in [4.78, 5) is 0. The Morgan fingerprint density at radius 1 is 1.46 bits per heavy atom. The van der Waals surface area contributed by atoms with E-state index >= 15 is 0 Å². The van der Waals surface area contributed by atoms with Crippen LogP contribution in [0.4, 0.5) is 5.69 Å². The van der Waals surface area contributed by atoms with Crippen molar-refractivity contribution in [3.05, 3.63) is 29.3 Å². The first-order valence-corrected chi connectivity index (χ1v) is 4.74. The summed E-state index contributed by atoms with van der Waals surface area (Å²) in [6, 6.07) is 5.81. The van der Waals surface area contributed by atoms with Crippen LogP contribution in [-0.4, -0.2) is 5.88 Å². The lowest BCUT2D eigenvalue weighted by molar-refractivity contribution is 1.14. The molecule has 1 aromatic carbocycles. The molecule has 0 bridgehead atoms. The lowest BCUT2D eigenvalue weighted by atomic mass is 10.1. The lowest BCUT2D eigenvalue weighted by Crippen LogP contribution is -1.93. The number of nitrogen functional groups attached to an aromatic ring is 1. The van der Waals surface area contributed by atoms with E-state index in [0.717, 1.165) is 23.2 Å². The highest BCUT2D eigenvalue weighted by atomic mass is 35.5. The minimum atomic E-state index is 0.367. The van der Waals surface area contributed by atoms with Crippen LogP contribution < -0.4 is 5.73 Å². The van der Waals surface area contributed by atoms with Gasteiger partial charge in [0.05, 0.1) is 5.88 Å². The average molecular weight is 194 g/mol. The largest absolute Gasteiger partial charge is 0.399 e. The van der Waals surface area contributed by atoms with Gasteiger partial charge in [-0.3, -0.25) is 0 Å². The first-order chi connectivity index (χ1) is 6.27. The van der Waals surface area contributed by atoms with E-state index < -0.39 is 0 Å². The van der Waals surface area contributed by atoms with Crippen molar-refractivity contribution in [2.45, 2.75) is 13.3 Å². The van der Waals surface area contributed by atoms with Crippen molar-refractivity contribution in [1.29, 1.82) is 0 Å². The maximum absolute atomic E-state index is 5.75. The van der Waals surface area contributed by atoms with Crippen LogP contribution in [0.15, 0.2) is 18.2 Å². The van der Waals surface area contributed by atoms with Crippen LogP contribution in [0.5, 0.6) is 0 Å². The van der Waals surface area contributed by atoms with Gasteiger partial charge in [-0.05, 0) is 30.2 Å². The molecule has 0 aliphatic heterocycles. The fourth-order valence-corrected chi connectivity index (χ4v) is 1.19. The molecule has 2 N–H and O–H groups in total. The van der Waals surface area contributed by atoms with E-state index in [9.17, 15) is 0 Å². The van der Waals surface area contributed by atoms with E-state index in [1.807, 2.05) is 18.2 Å². The summed E-state index contributed by atoms with van der Waals surface area (Å²) < 4.78 is 0. The summed E-state index contributed by atoms with van der Waals surface area (Å²) in [6.07, 6.45) is 0.933. The predicted molar refractivity (Wildman–Crippen MR) is 57.8 cm³/mol. The number of benzene rings is 1. The van der Waals surface area contributed by atoms with Gasteiger partial charge in [-0.1, -0.05) is 18.8 Å². The monoisotopic (exact) mass is 193 g/mol. The van der Waals surface area contributed by atoms with Crippen molar-refractivity contribution in [2.75, 3.05) is 11.6 Å². The van der Waals surface area contributed by atoms with E-state index in [2.05, 4.69) is 18.8 Å². The smallest absolute Gasteiger partial charge is 0.0839 e. The summed E-state index contributed by atoms with van der Waals surface area (Å²) in [7, 11) is 0. The highest BCUT2D eigenvalue weighted by molar-refractivity contribution is 6.19. The molecule has 0 aliphatic rings. The van der Waals surface area contributed by atoms with Gasteiger partial charge in [0.15, 0.2) is 0 Å². The molecule has 1 nitrogen and oxygen atoms in total. The van der Waals surface area contributed by atoms with Gasteiger partial charge in [0, 0.05) is 11.3 Å². The summed E-state index contributed by atoms with van der Waals surface area (Å²) in [5.41, 5.74) is 8.71. The predicted octanol–water partition coefficient (Wildman–Crippen LogP) is 2.42. The Labute approximate surface area is 83.9 Å². The summed E-state index contributed by atoms with van der Waals surface area (Å²) in [5.74, 6) is 6.14. The molecule has 0 heterocycles. The van der Waals surface area contributed by atoms with Crippen LogP contribution >= 0.6 is 11.6 Å². The zero-order valence-electron chi connectivity index (χ0n) is 7.60. The van der Waals surface area contributed by atoms with Gasteiger partial charge >= 0.3 is 0 Å². The number of aryl methyl sites for hydroxylation is 1. The number of anilines is 1. The molecule has 0 spiro atoms. The molecule has 1 rings (SSSR count). The first-order valence-electron chi connectivity index (χ1n) is 4.21. The molecule has 0 saturated carbocycles. The van der Waals surface area contributed by atoms with Gasteiger partial charge in [-0.15, -0.1) is 11.6 Å². The number of halogens is 1. The van der Waals surface area contributed by atoms with Gasteiger partial charge in [0.1, 0.15) is 0 Å². The van der Waals surface area contributed by atoms with Crippen molar-refractivity contribution in [2.24, 2.45) is 0 Å². The van der Waals surface area contributed by atoms with E-state index in [0.29, 0.717) is 5.88 Å². The molecule has 0 saturated heterocycles. The van der Waals surface area contributed by atoms with Gasteiger partial charge in [-0.2, -0.15) is 0 Å². The molecule has 0 atom stereocenters. The highest BCUT2D eigenvalue weighted by Crippen LogP contribution is 2.13. The van der Waals surface area contributed by atoms with Crippen molar-refractivity contribution in [3.8, 4) is 11.8 Å². The van der Waals surface area contributed by atoms with Crippen molar-refractivity contribution >= 4 is 17.3 Å². The Morgan fingerprint density at radius 3 is 2.85 bits per heavy atom. The minimum Gasteiger partial charge on any atom is -0.399 e. The van der Waals surface area contributed by atoms with Crippen LogP contribution in [-0.2, 0) is 6.42 Å². The number of hydrogen-bond donors (Lipinski definition) is 1. The number of rotatable bonds is 1. The van der Waals surface area contributed by atoms with Crippen LogP contribution in [0, 0.1) is 11.8 Å². The maximum atomic E-state index is 5.75. The highest BCUT2D eigenvalue weighted by Gasteiger charge is 1.96. The summed E-state index contributed by atoms with van der Waals surface area (Å²) in [6.45, 7) is 2.07. The lowest BCUT2D eigenvalue weighted by Gasteiger charge is -2.02. The zero-order valence-corrected chi connectivity index (χ0v) is 8.36. The number of nitrogens with two attached hydrogens (primary N) is 1. The van der Waals surface area contributed by atoms with Gasteiger partial charge in [-0.25, -0.2) is 0 Å². The third-order valence-electron chi connectivity index (χ3n) is 1.82. The van der Waals surface area contributed by atoms with Crippen molar-refractivity contribution in [3.63, 3.8) is 0 Å². The van der Waals surface area contributed by atoms with Crippen LogP contribution in [0.3, 0.4) is 0 Å². The molecule has 13 heavy (non-hydrogen) atoms. The van der Waals surface area contributed by atoms with Crippen LogP contribution in [0.25, 0.3) is 0 Å². The van der Waals surface area contributed by atoms with Gasteiger partial charge in [0.25, 0.3) is 0 Å². The fraction of sp³-hybridized carbons (Fsp3) is 0.273. The SMILES string of the molecule is CCc1cc(C#CCCl)ccc1N. The fourth-order valence-electron chi connectivity index (χ4n) is 1.13. The third kappa shape index (κ3) is 2.68. The Balaban J connectivity index is 2.99. The minimum absolute atomic E-state index is 0.367. The molecule has 0 aromatic heterocycles. The Bertz CT molecular complexity index is 347. The molecule has 0 radical (unpaired) electrons. The molecular formula is C11H12ClN. The Hall–Kier alpha value is -1.13. The summed E-state index contributed by atoms with van der Waals surface area (Å²) in [5, 5.41) is 0.